The van der Waals surface area contributed by atoms with E-state index < -0.39 is 11.8 Å². The Kier molecular flexibility index (Phi) is 3.25. The molecule has 1 unspecified atom stereocenters. The number of fused-ring (bicyclic) bond motifs is 2. The molecule has 2 aliphatic rings. The predicted octanol–water partition coefficient (Wildman–Crippen LogP) is 1.55. The average molecular weight is 297 g/mol. The second kappa shape index (κ2) is 4.70. The Morgan fingerprint density at radius 1 is 1.45 bits per heavy atom. The van der Waals surface area contributed by atoms with Crippen molar-refractivity contribution in [2.45, 2.75) is 31.8 Å². The Bertz CT molecular complexity index is 555. The highest BCUT2D eigenvalue weighted by Crippen LogP contribution is 2.47. The van der Waals surface area contributed by atoms with Gasteiger partial charge in [0.25, 0.3) is 0 Å². The van der Waals surface area contributed by atoms with Gasteiger partial charge in [0.05, 0.1) is 6.10 Å². The lowest BCUT2D eigenvalue weighted by Gasteiger charge is -2.48. The number of hydrogen-bond acceptors (Lipinski definition) is 4. The van der Waals surface area contributed by atoms with Gasteiger partial charge < -0.3 is 15.2 Å². The zero-order valence-corrected chi connectivity index (χ0v) is 12.1. The minimum atomic E-state index is -0.986. The quantitative estimate of drug-likeness (QED) is 0.831. The Morgan fingerprint density at radius 3 is 2.80 bits per heavy atom. The van der Waals surface area contributed by atoms with Gasteiger partial charge >= 0.3 is 0 Å². The van der Waals surface area contributed by atoms with Crippen LogP contribution in [0.2, 0.25) is 5.02 Å². The summed E-state index contributed by atoms with van der Waals surface area (Å²) in [4.78, 5) is 14.0. The van der Waals surface area contributed by atoms with Gasteiger partial charge in [-0.1, -0.05) is 17.7 Å². The van der Waals surface area contributed by atoms with Gasteiger partial charge in [-0.2, -0.15) is 0 Å². The number of halogens is 1. The normalized spacial score (nSPS) is 21.8. The monoisotopic (exact) mass is 296 g/mol. The Hall–Kier alpha value is -1.14. The average Bonchev–Trinajstić information content (AvgIpc) is 2.59. The molecule has 0 aliphatic carbocycles. The molecule has 1 amide bonds. The first kappa shape index (κ1) is 13.8. The van der Waals surface area contributed by atoms with E-state index in [1.165, 1.54) is 0 Å². The topological polar surface area (TPSA) is 61.8 Å². The van der Waals surface area contributed by atoms with Crippen LogP contribution >= 0.6 is 11.6 Å². The fourth-order valence-electron chi connectivity index (χ4n) is 2.90. The number of carbonyl (C=O) groups is 1. The summed E-state index contributed by atoms with van der Waals surface area (Å²) >= 11 is 6.24. The molecule has 0 radical (unpaired) electrons. The van der Waals surface area contributed by atoms with Gasteiger partial charge in [0.15, 0.2) is 0 Å². The fraction of sp³-hybridized carbons (Fsp3) is 0.500. The maximum absolute atomic E-state index is 12.3. The van der Waals surface area contributed by atoms with Crippen molar-refractivity contribution in [3.8, 4) is 0 Å². The van der Waals surface area contributed by atoms with Crippen LogP contribution in [0.5, 0.6) is 0 Å². The number of rotatable bonds is 3. The Balaban J connectivity index is 1.82. The maximum Gasteiger partial charge on any atom is 0.237 e. The van der Waals surface area contributed by atoms with Gasteiger partial charge in [-0.15, -0.1) is 0 Å². The molecule has 0 bridgehead atoms. The molecule has 1 saturated heterocycles. The summed E-state index contributed by atoms with van der Waals surface area (Å²) < 4.78 is 5.33. The van der Waals surface area contributed by atoms with E-state index in [1.54, 1.807) is 11.0 Å². The summed E-state index contributed by atoms with van der Waals surface area (Å²) in [7, 11) is 0. The Morgan fingerprint density at radius 2 is 2.15 bits per heavy atom. The van der Waals surface area contributed by atoms with Gasteiger partial charge in [0.1, 0.15) is 5.41 Å². The third kappa shape index (κ3) is 1.93. The molecule has 1 fully saturated rings. The standard InChI is InChI=1S/C14H17ClN2O3/c1-8(2)20-13(19)17-6-14(7-17)11-9(15)4-3-5-10(11)16-12(14)18/h3-5,8,13,19H,6-7H2,1-2H3,(H,16,18). The van der Waals surface area contributed by atoms with Crippen molar-refractivity contribution in [2.24, 2.45) is 0 Å². The van der Waals surface area contributed by atoms with Crippen molar-refractivity contribution in [1.82, 2.24) is 4.90 Å². The first-order valence-corrected chi connectivity index (χ1v) is 7.00. The van der Waals surface area contributed by atoms with Crippen molar-refractivity contribution in [3.05, 3.63) is 28.8 Å². The number of likely N-dealkylation sites (tertiary alicyclic amines) is 1. The summed E-state index contributed by atoms with van der Waals surface area (Å²) in [6, 6.07) is 5.44. The SMILES string of the molecule is CC(C)OC(O)N1CC2(C1)C(=O)Nc1cccc(Cl)c12. The van der Waals surface area contributed by atoms with E-state index in [0.717, 1.165) is 11.3 Å². The number of hydrogen-bond donors (Lipinski definition) is 2. The fourth-order valence-corrected chi connectivity index (χ4v) is 3.26. The first-order valence-electron chi connectivity index (χ1n) is 6.62. The summed E-state index contributed by atoms with van der Waals surface area (Å²) in [5.41, 5.74) is 0.940. The lowest BCUT2D eigenvalue weighted by atomic mass is 9.75. The van der Waals surface area contributed by atoms with Crippen LogP contribution < -0.4 is 5.32 Å². The number of ether oxygens (including phenoxy) is 1. The van der Waals surface area contributed by atoms with Crippen LogP contribution in [0.4, 0.5) is 5.69 Å². The minimum Gasteiger partial charge on any atom is -0.356 e. The van der Waals surface area contributed by atoms with Crippen molar-refractivity contribution < 1.29 is 14.6 Å². The molecule has 5 nitrogen and oxygen atoms in total. The number of amides is 1. The molecule has 0 saturated carbocycles. The van der Waals surface area contributed by atoms with Gasteiger partial charge in [-0.05, 0) is 26.0 Å². The first-order chi connectivity index (χ1) is 9.44. The van der Waals surface area contributed by atoms with E-state index in [4.69, 9.17) is 16.3 Å². The highest BCUT2D eigenvalue weighted by atomic mass is 35.5. The van der Waals surface area contributed by atoms with Crippen LogP contribution in [0.1, 0.15) is 19.4 Å². The van der Waals surface area contributed by atoms with Gasteiger partial charge in [0, 0.05) is 29.4 Å². The molecule has 1 atom stereocenters. The highest BCUT2D eigenvalue weighted by molar-refractivity contribution is 6.33. The third-order valence-electron chi connectivity index (χ3n) is 3.83. The zero-order valence-electron chi connectivity index (χ0n) is 11.4. The third-order valence-corrected chi connectivity index (χ3v) is 4.14. The van der Waals surface area contributed by atoms with Crippen LogP contribution in [-0.2, 0) is 14.9 Å². The molecule has 0 aromatic heterocycles. The van der Waals surface area contributed by atoms with Crippen LogP contribution in [-0.4, -0.2) is 41.5 Å². The van der Waals surface area contributed by atoms with Crippen LogP contribution in [0.25, 0.3) is 0 Å². The van der Waals surface area contributed by atoms with Crippen LogP contribution in [0.15, 0.2) is 18.2 Å². The molecular weight excluding hydrogens is 280 g/mol. The van der Waals surface area contributed by atoms with E-state index in [9.17, 15) is 9.90 Å². The van der Waals surface area contributed by atoms with E-state index in [-0.39, 0.29) is 12.0 Å². The number of carbonyl (C=O) groups excluding carboxylic acids is 1. The molecule has 2 heterocycles. The molecule has 1 aromatic carbocycles. The van der Waals surface area contributed by atoms with Gasteiger partial charge in [-0.3, -0.25) is 9.69 Å². The minimum absolute atomic E-state index is 0.0615. The second-order valence-corrected chi connectivity index (χ2v) is 6.02. The van der Waals surface area contributed by atoms with Gasteiger partial charge in [0.2, 0.25) is 12.3 Å². The molecule has 6 heteroatoms. The highest BCUT2D eigenvalue weighted by Gasteiger charge is 2.57. The lowest BCUT2D eigenvalue weighted by molar-refractivity contribution is -0.239. The maximum atomic E-state index is 12.3. The largest absolute Gasteiger partial charge is 0.356 e. The van der Waals surface area contributed by atoms with Crippen LogP contribution in [0.3, 0.4) is 0 Å². The molecule has 20 heavy (non-hydrogen) atoms. The number of aliphatic hydroxyl groups is 1. The summed E-state index contributed by atoms with van der Waals surface area (Å²) in [5.74, 6) is -0.0615. The molecule has 1 aromatic rings. The van der Waals surface area contributed by atoms with Crippen LogP contribution in [0, 0.1) is 0 Å². The molecule has 3 rings (SSSR count). The smallest absolute Gasteiger partial charge is 0.237 e. The van der Waals surface area contributed by atoms with Crippen molar-refractivity contribution >= 4 is 23.2 Å². The van der Waals surface area contributed by atoms with E-state index in [0.29, 0.717) is 18.1 Å². The number of nitrogens with zero attached hydrogens (tertiary/aromatic N) is 1. The number of nitrogens with one attached hydrogen (secondary N) is 1. The summed E-state index contributed by atoms with van der Waals surface area (Å²) in [5, 5.41) is 13.4. The molecule has 108 valence electrons. The van der Waals surface area contributed by atoms with Gasteiger partial charge in [-0.25, -0.2) is 0 Å². The second-order valence-electron chi connectivity index (χ2n) is 5.61. The molecule has 1 spiro atoms. The summed E-state index contributed by atoms with van der Waals surface area (Å²) in [6.07, 6.45) is -1.06. The number of anilines is 1. The lowest BCUT2D eigenvalue weighted by Crippen LogP contribution is -2.66. The molecule has 2 aliphatic heterocycles. The molecular formula is C14H17ClN2O3. The van der Waals surface area contributed by atoms with Crippen molar-refractivity contribution in [3.63, 3.8) is 0 Å². The van der Waals surface area contributed by atoms with E-state index >= 15 is 0 Å². The molecule has 2 N–H and O–H groups in total. The number of benzene rings is 1. The van der Waals surface area contributed by atoms with E-state index in [2.05, 4.69) is 5.32 Å². The Labute approximate surface area is 122 Å². The zero-order chi connectivity index (χ0) is 14.5. The predicted molar refractivity (Wildman–Crippen MR) is 75.6 cm³/mol. The van der Waals surface area contributed by atoms with E-state index in [1.807, 2.05) is 26.0 Å². The summed E-state index contributed by atoms with van der Waals surface area (Å²) in [6.45, 7) is 4.52. The number of aliphatic hydroxyl groups excluding tert-OH is 1. The van der Waals surface area contributed by atoms with Crippen molar-refractivity contribution in [1.29, 1.82) is 0 Å². The van der Waals surface area contributed by atoms with Crippen molar-refractivity contribution in [2.75, 3.05) is 18.4 Å².